The molecule has 1 aromatic rings. The predicted octanol–water partition coefficient (Wildman–Crippen LogP) is 3.71. The van der Waals surface area contributed by atoms with E-state index in [9.17, 15) is 4.79 Å². The third kappa shape index (κ3) is 3.45. The van der Waals surface area contributed by atoms with Gasteiger partial charge in [0.2, 0.25) is 0 Å². The molecule has 24 heavy (non-hydrogen) atoms. The van der Waals surface area contributed by atoms with Gasteiger partial charge >= 0.3 is 6.09 Å². The average Bonchev–Trinajstić information content (AvgIpc) is 2.88. The summed E-state index contributed by atoms with van der Waals surface area (Å²) in [4.78, 5) is 14.0. The lowest BCUT2D eigenvalue weighted by Gasteiger charge is -2.34. The van der Waals surface area contributed by atoms with Crippen molar-refractivity contribution in [3.05, 3.63) is 23.3 Å². The van der Waals surface area contributed by atoms with Crippen LogP contribution in [0.3, 0.4) is 0 Å². The van der Waals surface area contributed by atoms with Gasteiger partial charge in [-0.25, -0.2) is 4.79 Å². The normalized spacial score (nSPS) is 21.3. The summed E-state index contributed by atoms with van der Waals surface area (Å²) in [5.41, 5.74) is 8.94. The molecule has 2 aliphatic heterocycles. The molecule has 0 bridgehead atoms. The second-order valence-electron chi connectivity index (χ2n) is 7.93. The first kappa shape index (κ1) is 16.9. The van der Waals surface area contributed by atoms with Crippen LogP contribution in [0.4, 0.5) is 10.5 Å². The Labute approximate surface area is 144 Å². The maximum absolute atomic E-state index is 12.2. The average molecular weight is 332 g/mol. The molecule has 2 aliphatic rings. The van der Waals surface area contributed by atoms with Gasteiger partial charge in [0.1, 0.15) is 17.5 Å². The van der Waals surface area contributed by atoms with Gasteiger partial charge in [0.05, 0.1) is 5.69 Å². The van der Waals surface area contributed by atoms with E-state index in [-0.39, 0.29) is 12.2 Å². The quantitative estimate of drug-likeness (QED) is 0.796. The van der Waals surface area contributed by atoms with Crippen LogP contribution in [0.15, 0.2) is 12.1 Å². The third-order valence-electron chi connectivity index (χ3n) is 4.72. The lowest BCUT2D eigenvalue weighted by molar-refractivity contribution is 0.0204. The molecule has 0 radical (unpaired) electrons. The van der Waals surface area contributed by atoms with Gasteiger partial charge in [-0.15, -0.1) is 0 Å². The molecule has 1 aromatic carbocycles. The fourth-order valence-corrected chi connectivity index (χ4v) is 3.62. The van der Waals surface area contributed by atoms with E-state index in [1.165, 1.54) is 11.1 Å². The molecular weight excluding hydrogens is 304 g/mol. The minimum atomic E-state index is -0.445. The zero-order valence-electron chi connectivity index (χ0n) is 15.1. The van der Waals surface area contributed by atoms with Crippen molar-refractivity contribution in [3.63, 3.8) is 0 Å². The van der Waals surface area contributed by atoms with Crippen LogP contribution in [-0.4, -0.2) is 35.8 Å². The minimum Gasteiger partial charge on any atom is -0.488 e. The smallest absolute Gasteiger partial charge is 0.410 e. The number of carbonyl (C=O) groups excluding carboxylic acids is 1. The van der Waals surface area contributed by atoms with Gasteiger partial charge in [0, 0.05) is 25.1 Å². The summed E-state index contributed by atoms with van der Waals surface area (Å²) >= 11 is 0. The number of piperidine rings is 1. The molecular formula is C19H28N2O3. The zero-order valence-corrected chi connectivity index (χ0v) is 15.1. The number of rotatable bonds is 1. The van der Waals surface area contributed by atoms with E-state index in [0.29, 0.717) is 5.92 Å². The maximum Gasteiger partial charge on any atom is 0.410 e. The van der Waals surface area contributed by atoms with Gasteiger partial charge in [-0.3, -0.25) is 0 Å². The number of nitrogen functional groups attached to an aromatic ring is 1. The Balaban J connectivity index is 1.68. The number of amides is 1. The van der Waals surface area contributed by atoms with Gasteiger partial charge in [-0.2, -0.15) is 0 Å². The van der Waals surface area contributed by atoms with Crippen LogP contribution in [-0.2, 0) is 11.2 Å². The number of ether oxygens (including phenoxy) is 2. The summed E-state index contributed by atoms with van der Waals surface area (Å²) in [6.07, 6.45) is 2.79. The van der Waals surface area contributed by atoms with Crippen molar-refractivity contribution in [1.29, 1.82) is 0 Å². The second kappa shape index (κ2) is 6.19. The number of hydrogen-bond acceptors (Lipinski definition) is 4. The number of fused-ring (bicyclic) bond motifs is 1. The van der Waals surface area contributed by atoms with Crippen molar-refractivity contribution in [2.24, 2.45) is 0 Å². The first-order chi connectivity index (χ1) is 11.2. The van der Waals surface area contributed by atoms with Crippen LogP contribution in [0.2, 0.25) is 0 Å². The molecule has 0 saturated carbocycles. The van der Waals surface area contributed by atoms with Gasteiger partial charge in [-0.05, 0) is 58.1 Å². The number of hydrogen-bond donors (Lipinski definition) is 1. The molecule has 1 fully saturated rings. The SMILES string of the molecule is CC1Cc2c(C3CCN(C(=O)OC(C)(C)C)CC3)ccc(N)c2O1. The van der Waals surface area contributed by atoms with Crippen LogP contribution < -0.4 is 10.5 Å². The number of likely N-dealkylation sites (tertiary alicyclic amines) is 1. The van der Waals surface area contributed by atoms with Crippen molar-refractivity contribution >= 4 is 11.8 Å². The summed E-state index contributed by atoms with van der Waals surface area (Å²) in [5.74, 6) is 1.32. The molecule has 3 rings (SSSR count). The highest BCUT2D eigenvalue weighted by Gasteiger charge is 2.31. The Kier molecular flexibility index (Phi) is 4.37. The van der Waals surface area contributed by atoms with E-state index < -0.39 is 5.60 Å². The molecule has 1 atom stereocenters. The first-order valence-electron chi connectivity index (χ1n) is 8.80. The Bertz CT molecular complexity index is 628. The summed E-state index contributed by atoms with van der Waals surface area (Å²) in [6.45, 7) is 9.24. The predicted molar refractivity (Wildman–Crippen MR) is 94.4 cm³/mol. The third-order valence-corrected chi connectivity index (χ3v) is 4.72. The molecule has 0 spiro atoms. The van der Waals surface area contributed by atoms with Crippen molar-refractivity contribution in [2.45, 2.75) is 64.6 Å². The van der Waals surface area contributed by atoms with E-state index in [0.717, 1.165) is 43.8 Å². The molecule has 5 nitrogen and oxygen atoms in total. The highest BCUT2D eigenvalue weighted by molar-refractivity contribution is 5.68. The molecule has 1 amide bonds. The molecule has 0 aliphatic carbocycles. The number of nitrogens with two attached hydrogens (primary N) is 1. The molecule has 5 heteroatoms. The summed E-state index contributed by atoms with van der Waals surface area (Å²) < 4.78 is 11.3. The summed E-state index contributed by atoms with van der Waals surface area (Å²) in [6, 6.07) is 4.09. The fraction of sp³-hybridized carbons (Fsp3) is 0.632. The lowest BCUT2D eigenvalue weighted by Crippen LogP contribution is -2.41. The van der Waals surface area contributed by atoms with E-state index in [4.69, 9.17) is 15.2 Å². The largest absolute Gasteiger partial charge is 0.488 e. The van der Waals surface area contributed by atoms with E-state index >= 15 is 0 Å². The van der Waals surface area contributed by atoms with Gasteiger partial charge in [-0.1, -0.05) is 6.07 Å². The van der Waals surface area contributed by atoms with E-state index in [2.05, 4.69) is 13.0 Å². The number of benzene rings is 1. The summed E-state index contributed by atoms with van der Waals surface area (Å²) in [5, 5.41) is 0. The molecule has 2 heterocycles. The zero-order chi connectivity index (χ0) is 17.5. The van der Waals surface area contributed by atoms with Crippen LogP contribution in [0.1, 0.15) is 57.6 Å². The van der Waals surface area contributed by atoms with Crippen molar-refractivity contribution in [3.8, 4) is 5.75 Å². The van der Waals surface area contributed by atoms with Gasteiger partial charge < -0.3 is 20.1 Å². The molecule has 2 N–H and O–H groups in total. The Morgan fingerprint density at radius 3 is 2.58 bits per heavy atom. The van der Waals surface area contributed by atoms with Gasteiger partial charge in [0.25, 0.3) is 0 Å². The number of anilines is 1. The Morgan fingerprint density at radius 1 is 1.29 bits per heavy atom. The van der Waals surface area contributed by atoms with Gasteiger partial charge in [0.15, 0.2) is 0 Å². The van der Waals surface area contributed by atoms with Crippen LogP contribution in [0, 0.1) is 0 Å². The highest BCUT2D eigenvalue weighted by Crippen LogP contribution is 2.42. The van der Waals surface area contributed by atoms with Crippen LogP contribution in [0.25, 0.3) is 0 Å². The Hall–Kier alpha value is -1.91. The van der Waals surface area contributed by atoms with Crippen LogP contribution in [0.5, 0.6) is 5.75 Å². The Morgan fingerprint density at radius 2 is 1.96 bits per heavy atom. The standard InChI is InChI=1S/C19H28N2O3/c1-12-11-15-14(5-6-16(20)17(15)23-12)13-7-9-21(10-8-13)18(22)24-19(2,3)4/h5-6,12-13H,7-11,20H2,1-4H3. The van der Waals surface area contributed by atoms with E-state index in [1.54, 1.807) is 0 Å². The van der Waals surface area contributed by atoms with Crippen LogP contribution >= 0.6 is 0 Å². The topological polar surface area (TPSA) is 64.8 Å². The van der Waals surface area contributed by atoms with Crippen molar-refractivity contribution in [1.82, 2.24) is 4.90 Å². The highest BCUT2D eigenvalue weighted by atomic mass is 16.6. The molecule has 132 valence electrons. The molecule has 1 saturated heterocycles. The maximum atomic E-state index is 12.2. The monoisotopic (exact) mass is 332 g/mol. The van der Waals surface area contributed by atoms with Crippen molar-refractivity contribution in [2.75, 3.05) is 18.8 Å². The van der Waals surface area contributed by atoms with E-state index in [1.807, 2.05) is 31.7 Å². The summed E-state index contributed by atoms with van der Waals surface area (Å²) in [7, 11) is 0. The second-order valence-corrected chi connectivity index (χ2v) is 7.93. The lowest BCUT2D eigenvalue weighted by atomic mass is 9.85. The minimum absolute atomic E-state index is 0.185. The number of carbonyl (C=O) groups is 1. The van der Waals surface area contributed by atoms with Crippen molar-refractivity contribution < 1.29 is 14.3 Å². The number of nitrogens with zero attached hydrogens (tertiary/aromatic N) is 1. The molecule has 1 unspecified atom stereocenters. The fourth-order valence-electron chi connectivity index (χ4n) is 3.62. The first-order valence-corrected chi connectivity index (χ1v) is 8.80. The molecule has 0 aromatic heterocycles.